The maximum atomic E-state index is 5.43. The molecule has 3 aliphatic heterocycles. The molecule has 0 amide bonds. The van der Waals surface area contributed by atoms with Crippen LogP contribution in [0.4, 0.5) is 11.4 Å². The highest BCUT2D eigenvalue weighted by molar-refractivity contribution is 6.02. The zero-order valence-electron chi connectivity index (χ0n) is 16.9. The molecule has 2 aromatic carbocycles. The second-order valence-electron chi connectivity index (χ2n) is 7.29. The number of benzene rings is 2. The molecule has 1 saturated heterocycles. The summed E-state index contributed by atoms with van der Waals surface area (Å²) in [6, 6.07) is 16.5. The summed E-state index contributed by atoms with van der Waals surface area (Å²) in [7, 11) is 1.68. The molecule has 1 unspecified atom stereocenters. The van der Waals surface area contributed by atoms with Crippen molar-refractivity contribution in [3.63, 3.8) is 0 Å². The van der Waals surface area contributed by atoms with Crippen LogP contribution in [0.3, 0.4) is 0 Å². The maximum absolute atomic E-state index is 5.43. The number of aliphatic imine (C=N–C) groups is 1. The molecule has 154 valence electrons. The molecule has 7 heteroatoms. The molecule has 3 heterocycles. The normalized spacial score (nSPS) is 20.5. The summed E-state index contributed by atoms with van der Waals surface area (Å²) in [5.74, 6) is 1.70. The van der Waals surface area contributed by atoms with Crippen molar-refractivity contribution in [3.8, 4) is 5.75 Å². The van der Waals surface area contributed by atoms with Gasteiger partial charge in [0.1, 0.15) is 11.6 Å². The number of hydrogen-bond donors (Lipinski definition) is 2. The van der Waals surface area contributed by atoms with Gasteiger partial charge in [0.25, 0.3) is 0 Å². The maximum Gasteiger partial charge on any atom is 0.193 e. The Kier molecular flexibility index (Phi) is 5.13. The SMILES string of the molecule is COc1cccc(C2=CC=CC3=NC(Nc4ccc(N5CCOCC5)cc4)NN23)c1. The molecule has 0 aromatic heterocycles. The Hall–Kier alpha value is -3.29. The topological polar surface area (TPSA) is 61.4 Å². The molecule has 0 spiro atoms. The number of nitrogens with one attached hydrogen (secondary N) is 2. The number of hydrogen-bond acceptors (Lipinski definition) is 7. The summed E-state index contributed by atoms with van der Waals surface area (Å²) in [5.41, 5.74) is 7.77. The average molecular weight is 403 g/mol. The Bertz CT molecular complexity index is 993. The van der Waals surface area contributed by atoms with Gasteiger partial charge in [0.05, 0.1) is 26.0 Å². The first-order valence-corrected chi connectivity index (χ1v) is 10.2. The molecule has 2 N–H and O–H groups in total. The third-order valence-corrected chi connectivity index (χ3v) is 5.39. The zero-order valence-corrected chi connectivity index (χ0v) is 16.9. The van der Waals surface area contributed by atoms with E-state index < -0.39 is 0 Å². The van der Waals surface area contributed by atoms with Gasteiger partial charge in [-0.1, -0.05) is 18.2 Å². The first-order chi connectivity index (χ1) is 14.8. The van der Waals surface area contributed by atoms with Crippen LogP contribution in [-0.4, -0.2) is 50.5 Å². The van der Waals surface area contributed by atoms with Gasteiger partial charge in [-0.3, -0.25) is 5.01 Å². The Labute approximate surface area is 176 Å². The number of methoxy groups -OCH3 is 1. The van der Waals surface area contributed by atoms with Crippen LogP contribution in [0.1, 0.15) is 5.56 Å². The van der Waals surface area contributed by atoms with E-state index in [-0.39, 0.29) is 6.29 Å². The first kappa shape index (κ1) is 18.7. The van der Waals surface area contributed by atoms with E-state index >= 15 is 0 Å². The van der Waals surface area contributed by atoms with E-state index in [1.807, 2.05) is 35.4 Å². The number of fused-ring (bicyclic) bond motifs is 1. The molecule has 3 aliphatic rings. The number of allylic oxidation sites excluding steroid dienone is 2. The molecule has 0 bridgehead atoms. The third-order valence-electron chi connectivity index (χ3n) is 5.39. The number of nitrogens with zero attached hydrogens (tertiary/aromatic N) is 3. The predicted octanol–water partition coefficient (Wildman–Crippen LogP) is 3.06. The molecule has 2 aromatic rings. The molecule has 7 nitrogen and oxygen atoms in total. The lowest BCUT2D eigenvalue weighted by molar-refractivity contribution is 0.122. The van der Waals surface area contributed by atoms with Gasteiger partial charge in [-0.05, 0) is 48.6 Å². The summed E-state index contributed by atoms with van der Waals surface area (Å²) in [6.07, 6.45) is 5.84. The standard InChI is InChI=1S/C23H25N5O2/c1-29-20-5-2-4-17(16-20)21-6-3-7-22-25-23(26-28(21)22)24-18-8-10-19(11-9-18)27-12-14-30-15-13-27/h2-11,16,23-24,26H,12-15H2,1H3. The lowest BCUT2D eigenvalue weighted by Gasteiger charge is -2.29. The van der Waals surface area contributed by atoms with E-state index in [4.69, 9.17) is 14.5 Å². The van der Waals surface area contributed by atoms with Crippen molar-refractivity contribution in [1.82, 2.24) is 10.4 Å². The Balaban J connectivity index is 1.28. The van der Waals surface area contributed by atoms with E-state index in [1.54, 1.807) is 7.11 Å². The number of anilines is 2. The van der Waals surface area contributed by atoms with Crippen LogP contribution >= 0.6 is 0 Å². The van der Waals surface area contributed by atoms with E-state index in [9.17, 15) is 0 Å². The fourth-order valence-corrected chi connectivity index (χ4v) is 3.84. The van der Waals surface area contributed by atoms with Crippen molar-refractivity contribution < 1.29 is 9.47 Å². The Morgan fingerprint density at radius 1 is 1.13 bits per heavy atom. The number of morpholine rings is 1. The van der Waals surface area contributed by atoms with Gasteiger partial charge in [0.2, 0.25) is 0 Å². The molecule has 1 atom stereocenters. The largest absolute Gasteiger partial charge is 0.497 e. The molecule has 0 saturated carbocycles. The van der Waals surface area contributed by atoms with Gasteiger partial charge < -0.3 is 19.7 Å². The minimum atomic E-state index is -0.244. The quantitative estimate of drug-likeness (QED) is 0.800. The summed E-state index contributed by atoms with van der Waals surface area (Å²) in [5, 5.41) is 5.46. The molecule has 0 aliphatic carbocycles. The van der Waals surface area contributed by atoms with Crippen LogP contribution < -0.4 is 20.4 Å². The monoisotopic (exact) mass is 403 g/mol. The fraction of sp³-hybridized carbons (Fsp3) is 0.261. The van der Waals surface area contributed by atoms with Gasteiger partial charge >= 0.3 is 0 Å². The third kappa shape index (κ3) is 3.77. The summed E-state index contributed by atoms with van der Waals surface area (Å²) < 4.78 is 10.8. The minimum absolute atomic E-state index is 0.244. The number of ether oxygens (including phenoxy) is 2. The molecular weight excluding hydrogens is 378 g/mol. The van der Waals surface area contributed by atoms with Crippen LogP contribution in [-0.2, 0) is 4.74 Å². The van der Waals surface area contributed by atoms with Gasteiger partial charge in [-0.15, -0.1) is 0 Å². The lowest BCUT2D eigenvalue weighted by atomic mass is 10.1. The number of amidine groups is 1. The van der Waals surface area contributed by atoms with Crippen molar-refractivity contribution in [3.05, 3.63) is 72.3 Å². The smallest absolute Gasteiger partial charge is 0.193 e. The van der Waals surface area contributed by atoms with Crippen LogP contribution in [0.2, 0.25) is 0 Å². The molecule has 0 radical (unpaired) electrons. The van der Waals surface area contributed by atoms with Crippen LogP contribution in [0, 0.1) is 0 Å². The average Bonchev–Trinajstić information content (AvgIpc) is 3.22. The highest BCUT2D eigenvalue weighted by Crippen LogP contribution is 2.28. The summed E-state index contributed by atoms with van der Waals surface area (Å²) in [6.45, 7) is 3.45. The van der Waals surface area contributed by atoms with E-state index in [1.165, 1.54) is 5.69 Å². The van der Waals surface area contributed by atoms with Gasteiger partial charge in [-0.25, -0.2) is 4.99 Å². The fourth-order valence-electron chi connectivity index (χ4n) is 3.84. The molecule has 5 rings (SSSR count). The van der Waals surface area contributed by atoms with Crippen LogP contribution in [0.15, 0.2) is 71.8 Å². The second-order valence-corrected chi connectivity index (χ2v) is 7.29. The number of hydrazine groups is 1. The van der Waals surface area contributed by atoms with Gasteiger partial charge in [0, 0.05) is 30.0 Å². The van der Waals surface area contributed by atoms with Crippen molar-refractivity contribution >= 4 is 22.9 Å². The van der Waals surface area contributed by atoms with Crippen molar-refractivity contribution in [2.45, 2.75) is 6.29 Å². The van der Waals surface area contributed by atoms with Crippen LogP contribution in [0.25, 0.3) is 5.70 Å². The van der Waals surface area contributed by atoms with E-state index in [2.05, 4.69) is 52.1 Å². The zero-order chi connectivity index (χ0) is 20.3. The Morgan fingerprint density at radius 2 is 1.97 bits per heavy atom. The molecule has 30 heavy (non-hydrogen) atoms. The van der Waals surface area contributed by atoms with E-state index in [0.29, 0.717) is 0 Å². The van der Waals surface area contributed by atoms with Crippen molar-refractivity contribution in [1.29, 1.82) is 0 Å². The summed E-state index contributed by atoms with van der Waals surface area (Å²) in [4.78, 5) is 7.12. The second kappa shape index (κ2) is 8.22. The predicted molar refractivity (Wildman–Crippen MR) is 119 cm³/mol. The van der Waals surface area contributed by atoms with Crippen LogP contribution in [0.5, 0.6) is 5.75 Å². The van der Waals surface area contributed by atoms with Crippen molar-refractivity contribution in [2.24, 2.45) is 4.99 Å². The molecule has 1 fully saturated rings. The lowest BCUT2D eigenvalue weighted by Crippen LogP contribution is -2.42. The van der Waals surface area contributed by atoms with Crippen molar-refractivity contribution in [2.75, 3.05) is 43.6 Å². The highest BCUT2D eigenvalue weighted by atomic mass is 16.5. The minimum Gasteiger partial charge on any atom is -0.497 e. The summed E-state index contributed by atoms with van der Waals surface area (Å²) >= 11 is 0. The van der Waals surface area contributed by atoms with Gasteiger partial charge in [0.15, 0.2) is 6.29 Å². The Morgan fingerprint density at radius 3 is 2.77 bits per heavy atom. The molecular formula is C23H25N5O2. The van der Waals surface area contributed by atoms with E-state index in [0.717, 1.165) is 54.8 Å². The van der Waals surface area contributed by atoms with Gasteiger partial charge in [-0.2, -0.15) is 5.43 Å². The first-order valence-electron chi connectivity index (χ1n) is 10.2. The highest BCUT2D eigenvalue weighted by Gasteiger charge is 2.28. The number of rotatable bonds is 5.